The number of nitriles is 1. The number of nitrogens with one attached hydrogen (secondary N) is 1. The van der Waals surface area contributed by atoms with Crippen molar-refractivity contribution in [2.24, 2.45) is 0 Å². The fourth-order valence-electron chi connectivity index (χ4n) is 3.72. The maximum atomic E-state index is 12.9. The van der Waals surface area contributed by atoms with Crippen molar-refractivity contribution < 1.29 is 14.3 Å². The van der Waals surface area contributed by atoms with Crippen LogP contribution >= 0.6 is 11.8 Å². The fraction of sp³-hybridized carbons (Fsp3) is 0.440. The highest BCUT2D eigenvalue weighted by atomic mass is 32.2. The van der Waals surface area contributed by atoms with Gasteiger partial charge in [0, 0.05) is 11.4 Å². The first-order chi connectivity index (χ1) is 15.5. The van der Waals surface area contributed by atoms with E-state index in [0.29, 0.717) is 34.9 Å². The van der Waals surface area contributed by atoms with Crippen molar-refractivity contribution >= 4 is 29.3 Å². The first-order valence-corrected chi connectivity index (χ1v) is 12.1. The Morgan fingerprint density at radius 3 is 2.53 bits per heavy atom. The van der Waals surface area contributed by atoms with Crippen LogP contribution in [0.25, 0.3) is 0 Å². The lowest BCUT2D eigenvalue weighted by Crippen LogP contribution is -2.25. The average Bonchev–Trinajstić information content (AvgIpc) is 2.78. The largest absolute Gasteiger partial charge is 0.462 e. The van der Waals surface area contributed by atoms with Crippen LogP contribution < -0.4 is 5.32 Å². The van der Waals surface area contributed by atoms with Gasteiger partial charge in [0.05, 0.1) is 23.0 Å². The van der Waals surface area contributed by atoms with Crippen molar-refractivity contribution in [3.63, 3.8) is 0 Å². The maximum absolute atomic E-state index is 12.9. The number of benzene rings is 1. The zero-order valence-corrected chi connectivity index (χ0v) is 19.5. The summed E-state index contributed by atoms with van der Waals surface area (Å²) in [5.74, 6) is -0.541. The van der Waals surface area contributed by atoms with Crippen molar-refractivity contribution in [3.05, 3.63) is 52.7 Å². The molecule has 1 atom stereocenters. The van der Waals surface area contributed by atoms with Gasteiger partial charge in [0.25, 0.3) is 0 Å². The molecular weight excluding hydrogens is 422 g/mol. The SMILES string of the molecule is CCOC(=O)c1ccc(NC(=O)C(CC)Sc2nc3c(cc2C#N)CCCCCC3)cc1. The van der Waals surface area contributed by atoms with Crippen molar-refractivity contribution in [2.45, 2.75) is 69.1 Å². The molecule has 0 saturated carbocycles. The minimum Gasteiger partial charge on any atom is -0.462 e. The number of fused-ring (bicyclic) bond motifs is 1. The van der Waals surface area contributed by atoms with E-state index in [0.717, 1.165) is 31.4 Å². The molecule has 1 aromatic heterocycles. The van der Waals surface area contributed by atoms with Crippen LogP contribution in [0.3, 0.4) is 0 Å². The molecule has 1 aromatic carbocycles. The number of aryl methyl sites for hydroxylation is 2. The Kier molecular flexibility index (Phi) is 8.69. The number of nitrogens with zero attached hydrogens (tertiary/aromatic N) is 2. The zero-order chi connectivity index (χ0) is 22.9. The highest BCUT2D eigenvalue weighted by molar-refractivity contribution is 8.00. The lowest BCUT2D eigenvalue weighted by atomic mass is 9.96. The second-order valence-corrected chi connectivity index (χ2v) is 8.97. The van der Waals surface area contributed by atoms with Gasteiger partial charge in [-0.2, -0.15) is 5.26 Å². The van der Waals surface area contributed by atoms with Gasteiger partial charge in [-0.3, -0.25) is 4.79 Å². The molecule has 0 saturated heterocycles. The first-order valence-electron chi connectivity index (χ1n) is 11.2. The van der Waals surface area contributed by atoms with Crippen molar-refractivity contribution in [3.8, 4) is 6.07 Å². The standard InChI is InChI=1S/C25H29N3O3S/c1-3-22(23(29)27-20-13-11-17(12-14-20)25(30)31-4-2)32-24-19(16-26)15-18-9-7-5-6-8-10-21(18)28-24/h11-15,22H,3-10H2,1-2H3,(H,27,29). The molecule has 1 aliphatic carbocycles. The molecule has 32 heavy (non-hydrogen) atoms. The minimum atomic E-state index is -0.388. The van der Waals surface area contributed by atoms with E-state index in [1.54, 1.807) is 31.2 Å². The molecule has 3 rings (SSSR count). The average molecular weight is 452 g/mol. The predicted molar refractivity (Wildman–Crippen MR) is 126 cm³/mol. The number of carbonyl (C=O) groups is 2. The van der Waals surface area contributed by atoms with Gasteiger partial charge in [0.1, 0.15) is 11.1 Å². The van der Waals surface area contributed by atoms with Gasteiger partial charge in [-0.25, -0.2) is 9.78 Å². The van der Waals surface area contributed by atoms with Crippen LogP contribution in [-0.2, 0) is 22.4 Å². The van der Waals surface area contributed by atoms with Crippen molar-refractivity contribution in [1.82, 2.24) is 4.98 Å². The van der Waals surface area contributed by atoms with Crippen LogP contribution in [-0.4, -0.2) is 28.7 Å². The molecule has 0 spiro atoms. The van der Waals surface area contributed by atoms with Crippen LogP contribution in [0.4, 0.5) is 5.69 Å². The third-order valence-corrected chi connectivity index (χ3v) is 6.83. The molecule has 2 aromatic rings. The predicted octanol–water partition coefficient (Wildman–Crippen LogP) is 5.30. The van der Waals surface area contributed by atoms with E-state index >= 15 is 0 Å². The number of ether oxygens (including phenoxy) is 1. The number of rotatable bonds is 7. The summed E-state index contributed by atoms with van der Waals surface area (Å²) >= 11 is 1.35. The van der Waals surface area contributed by atoms with Crippen LogP contribution in [0.1, 0.15) is 73.1 Å². The number of hydrogen-bond acceptors (Lipinski definition) is 6. The molecule has 0 aliphatic heterocycles. The quantitative estimate of drug-likeness (QED) is 0.454. The molecular formula is C25H29N3O3S. The van der Waals surface area contributed by atoms with Gasteiger partial charge >= 0.3 is 5.97 Å². The van der Waals surface area contributed by atoms with Gasteiger partial charge in [0.2, 0.25) is 5.91 Å². The van der Waals surface area contributed by atoms with Gasteiger partial charge in [-0.1, -0.05) is 31.5 Å². The Morgan fingerprint density at radius 1 is 1.16 bits per heavy atom. The highest BCUT2D eigenvalue weighted by Gasteiger charge is 2.22. The molecule has 0 fully saturated rings. The molecule has 7 heteroatoms. The Hall–Kier alpha value is -2.85. The van der Waals surface area contributed by atoms with E-state index in [-0.39, 0.29) is 17.1 Å². The van der Waals surface area contributed by atoms with Gasteiger partial charge in [-0.15, -0.1) is 0 Å². The number of esters is 1. The Balaban J connectivity index is 1.73. The summed E-state index contributed by atoms with van der Waals surface area (Å²) in [6.07, 6.45) is 7.14. The fourth-order valence-corrected chi connectivity index (χ4v) is 4.72. The van der Waals surface area contributed by atoms with E-state index in [9.17, 15) is 14.9 Å². The smallest absolute Gasteiger partial charge is 0.338 e. The van der Waals surface area contributed by atoms with E-state index in [2.05, 4.69) is 11.4 Å². The zero-order valence-electron chi connectivity index (χ0n) is 18.6. The molecule has 1 N–H and O–H groups in total. The van der Waals surface area contributed by atoms with Crippen LogP contribution in [0.15, 0.2) is 35.4 Å². The summed E-state index contributed by atoms with van der Waals surface area (Å²) in [5, 5.41) is 12.8. The number of hydrogen-bond donors (Lipinski definition) is 1. The van der Waals surface area contributed by atoms with E-state index < -0.39 is 0 Å². The lowest BCUT2D eigenvalue weighted by molar-refractivity contribution is -0.115. The Labute approximate surface area is 193 Å². The van der Waals surface area contributed by atoms with Crippen LogP contribution in [0, 0.1) is 11.3 Å². The Morgan fingerprint density at radius 2 is 1.88 bits per heavy atom. The summed E-state index contributed by atoms with van der Waals surface area (Å²) < 4.78 is 4.98. The number of amides is 1. The number of carbonyl (C=O) groups excluding carboxylic acids is 2. The van der Waals surface area contributed by atoms with E-state index in [1.165, 1.54) is 30.2 Å². The number of thioether (sulfide) groups is 1. The number of anilines is 1. The summed E-state index contributed by atoms with van der Waals surface area (Å²) in [6, 6.07) is 10.9. The molecule has 0 bridgehead atoms. The van der Waals surface area contributed by atoms with Crippen LogP contribution in [0.2, 0.25) is 0 Å². The minimum absolute atomic E-state index is 0.154. The molecule has 168 valence electrons. The second-order valence-electron chi connectivity index (χ2n) is 7.77. The number of aromatic nitrogens is 1. The molecule has 1 aliphatic rings. The molecule has 0 radical (unpaired) electrons. The van der Waals surface area contributed by atoms with Gasteiger partial charge in [0.15, 0.2) is 0 Å². The maximum Gasteiger partial charge on any atom is 0.338 e. The molecule has 6 nitrogen and oxygen atoms in total. The summed E-state index contributed by atoms with van der Waals surface area (Å²) in [5.41, 5.74) is 3.82. The summed E-state index contributed by atoms with van der Waals surface area (Å²) in [4.78, 5) is 29.5. The van der Waals surface area contributed by atoms with E-state index in [4.69, 9.17) is 9.72 Å². The Bertz CT molecular complexity index is 999. The second kappa shape index (κ2) is 11.7. The molecule has 1 heterocycles. The lowest BCUT2D eigenvalue weighted by Gasteiger charge is -2.18. The molecule has 1 amide bonds. The monoisotopic (exact) mass is 451 g/mol. The summed E-state index contributed by atoms with van der Waals surface area (Å²) in [6.45, 7) is 4.02. The highest BCUT2D eigenvalue weighted by Crippen LogP contribution is 2.31. The van der Waals surface area contributed by atoms with Crippen LogP contribution in [0.5, 0.6) is 0 Å². The topological polar surface area (TPSA) is 92.1 Å². The number of pyridine rings is 1. The normalized spacial score (nSPS) is 14.3. The molecule has 1 unspecified atom stereocenters. The summed E-state index contributed by atoms with van der Waals surface area (Å²) in [7, 11) is 0. The third kappa shape index (κ3) is 6.10. The van der Waals surface area contributed by atoms with Crippen molar-refractivity contribution in [2.75, 3.05) is 11.9 Å². The van der Waals surface area contributed by atoms with Gasteiger partial charge in [-0.05, 0) is 74.9 Å². The van der Waals surface area contributed by atoms with Gasteiger partial charge < -0.3 is 10.1 Å². The first kappa shape index (κ1) is 23.8. The third-order valence-electron chi connectivity index (χ3n) is 5.47. The van der Waals surface area contributed by atoms with Crippen molar-refractivity contribution in [1.29, 1.82) is 5.26 Å². The van der Waals surface area contributed by atoms with E-state index in [1.807, 2.05) is 13.0 Å².